The van der Waals surface area contributed by atoms with Crippen molar-refractivity contribution in [1.82, 2.24) is 29.8 Å². The van der Waals surface area contributed by atoms with Gasteiger partial charge < -0.3 is 15.0 Å². The van der Waals surface area contributed by atoms with Gasteiger partial charge in [-0.2, -0.15) is 0 Å². The molecule has 1 aliphatic heterocycles. The fourth-order valence-electron chi connectivity index (χ4n) is 4.14. The van der Waals surface area contributed by atoms with Crippen molar-refractivity contribution >= 4 is 45.6 Å². The third-order valence-electron chi connectivity index (χ3n) is 6.22. The molecule has 2 atom stereocenters. The van der Waals surface area contributed by atoms with Gasteiger partial charge in [0.05, 0.1) is 25.1 Å². The van der Waals surface area contributed by atoms with Gasteiger partial charge in [-0.1, -0.05) is 18.5 Å². The van der Waals surface area contributed by atoms with Crippen LogP contribution in [-0.4, -0.2) is 62.0 Å². The number of hydrogen-bond donors (Lipinski definition) is 1. The Morgan fingerprint density at radius 3 is 2.85 bits per heavy atom. The van der Waals surface area contributed by atoms with E-state index >= 15 is 0 Å². The van der Waals surface area contributed by atoms with Crippen LogP contribution in [0, 0.1) is 11.8 Å². The van der Waals surface area contributed by atoms with Crippen LogP contribution in [0.1, 0.15) is 13.3 Å². The van der Waals surface area contributed by atoms with Crippen LogP contribution in [0.4, 0.5) is 11.5 Å². The molecule has 2 aliphatic rings. The van der Waals surface area contributed by atoms with Crippen molar-refractivity contribution in [3.63, 3.8) is 0 Å². The van der Waals surface area contributed by atoms with Gasteiger partial charge in [0.1, 0.15) is 5.52 Å². The third-order valence-corrected chi connectivity index (χ3v) is 6.49. The summed E-state index contributed by atoms with van der Waals surface area (Å²) in [6.45, 7) is 5.15. The summed E-state index contributed by atoms with van der Waals surface area (Å²) in [5.74, 6) is 1.25. The lowest BCUT2D eigenvalue weighted by Gasteiger charge is -2.28. The molecule has 0 unspecified atom stereocenters. The molecule has 2 fully saturated rings. The average Bonchev–Trinajstić information content (AvgIpc) is 3.42. The zero-order valence-corrected chi connectivity index (χ0v) is 18.7. The summed E-state index contributed by atoms with van der Waals surface area (Å²) in [4.78, 5) is 23.6. The summed E-state index contributed by atoms with van der Waals surface area (Å²) >= 11 is 6.28. The minimum atomic E-state index is -0.0423. The topological polar surface area (TPSA) is 110 Å². The van der Waals surface area contributed by atoms with E-state index in [0.717, 1.165) is 25.2 Å². The van der Waals surface area contributed by atoms with Gasteiger partial charge in [-0.15, -0.1) is 15.3 Å². The standard InChI is InChI=1S/C22H21ClN8O2/c1-12-8-14(12)22(32)25-17-9-15-16(10-24-20(23)19(15)28-27-17)21-26-18-3-2-13(11-31(18)29-21)30-4-6-33-7-5-30/h2-3,9-12,14H,4-8H2,1H3,(H,25,27,32)/t12-,14+/m1/s1. The van der Waals surface area contributed by atoms with Crippen molar-refractivity contribution in [2.75, 3.05) is 36.5 Å². The molecule has 10 nitrogen and oxygen atoms in total. The second kappa shape index (κ2) is 7.89. The van der Waals surface area contributed by atoms with Crippen molar-refractivity contribution in [2.45, 2.75) is 13.3 Å². The highest BCUT2D eigenvalue weighted by atomic mass is 35.5. The quantitative estimate of drug-likeness (QED) is 0.459. The Morgan fingerprint density at radius 2 is 2.06 bits per heavy atom. The van der Waals surface area contributed by atoms with Gasteiger partial charge in [0.25, 0.3) is 0 Å². The van der Waals surface area contributed by atoms with E-state index in [-0.39, 0.29) is 17.0 Å². The van der Waals surface area contributed by atoms with Gasteiger partial charge >= 0.3 is 0 Å². The van der Waals surface area contributed by atoms with Gasteiger partial charge in [-0.25, -0.2) is 14.5 Å². The number of hydrogen-bond acceptors (Lipinski definition) is 8. The number of carbonyl (C=O) groups excluding carboxylic acids is 1. The van der Waals surface area contributed by atoms with Gasteiger partial charge in [-0.05, 0) is 30.5 Å². The minimum absolute atomic E-state index is 0.0313. The smallest absolute Gasteiger partial charge is 0.228 e. The number of nitrogens with one attached hydrogen (secondary N) is 1. The van der Waals surface area contributed by atoms with E-state index in [0.29, 0.717) is 52.9 Å². The number of halogens is 1. The summed E-state index contributed by atoms with van der Waals surface area (Å²) in [6.07, 6.45) is 4.48. The van der Waals surface area contributed by atoms with Crippen LogP contribution in [0.2, 0.25) is 5.15 Å². The number of aromatic nitrogens is 6. The second-order valence-corrected chi connectivity index (χ2v) is 8.85. The number of nitrogens with zero attached hydrogens (tertiary/aromatic N) is 7. The molecule has 11 heteroatoms. The average molecular weight is 465 g/mol. The molecule has 6 rings (SSSR count). The predicted octanol–water partition coefficient (Wildman–Crippen LogP) is 2.82. The predicted molar refractivity (Wildman–Crippen MR) is 123 cm³/mol. The first-order valence-electron chi connectivity index (χ1n) is 10.9. The highest BCUT2D eigenvalue weighted by molar-refractivity contribution is 6.34. The number of ether oxygens (including phenoxy) is 1. The van der Waals surface area contributed by atoms with E-state index in [1.807, 2.05) is 18.3 Å². The van der Waals surface area contributed by atoms with Gasteiger partial charge in [0.15, 0.2) is 22.4 Å². The fraction of sp³-hybridized carbons (Fsp3) is 0.364. The molecular formula is C22H21ClN8O2. The number of anilines is 2. The Hall–Kier alpha value is -3.37. The molecule has 1 saturated heterocycles. The van der Waals surface area contributed by atoms with E-state index in [9.17, 15) is 4.79 Å². The van der Waals surface area contributed by atoms with Crippen LogP contribution in [0.15, 0.2) is 30.6 Å². The van der Waals surface area contributed by atoms with Crippen molar-refractivity contribution in [1.29, 1.82) is 0 Å². The summed E-state index contributed by atoms with van der Waals surface area (Å²) in [6, 6.07) is 5.73. The molecule has 0 bridgehead atoms. The van der Waals surface area contributed by atoms with Crippen molar-refractivity contribution < 1.29 is 9.53 Å². The molecule has 0 spiro atoms. The molecule has 0 radical (unpaired) electrons. The molecule has 1 aliphatic carbocycles. The Kier molecular flexibility index (Phi) is 4.84. The number of pyridine rings is 2. The summed E-state index contributed by atoms with van der Waals surface area (Å²) < 4.78 is 7.20. The van der Waals surface area contributed by atoms with Gasteiger partial charge in [-0.3, -0.25) is 4.79 Å². The minimum Gasteiger partial charge on any atom is -0.378 e. The Labute approximate surface area is 193 Å². The normalized spacial score (nSPS) is 20.4. The number of rotatable bonds is 4. The largest absolute Gasteiger partial charge is 0.378 e. The number of carbonyl (C=O) groups is 1. The highest BCUT2D eigenvalue weighted by Gasteiger charge is 2.39. The number of amides is 1. The van der Waals surface area contributed by atoms with Crippen molar-refractivity contribution in [3.05, 3.63) is 35.7 Å². The maximum atomic E-state index is 12.4. The van der Waals surface area contributed by atoms with Crippen LogP contribution in [-0.2, 0) is 9.53 Å². The van der Waals surface area contributed by atoms with Gasteiger partial charge in [0, 0.05) is 36.2 Å². The van der Waals surface area contributed by atoms with Crippen molar-refractivity contribution in [2.24, 2.45) is 11.8 Å². The molecule has 168 valence electrons. The molecule has 4 aromatic heterocycles. The van der Waals surface area contributed by atoms with Crippen LogP contribution in [0.3, 0.4) is 0 Å². The third kappa shape index (κ3) is 3.75. The number of fused-ring (bicyclic) bond motifs is 2. The molecule has 33 heavy (non-hydrogen) atoms. The molecular weight excluding hydrogens is 444 g/mol. The zero-order chi connectivity index (χ0) is 22.5. The lowest BCUT2D eigenvalue weighted by atomic mass is 10.1. The van der Waals surface area contributed by atoms with E-state index in [1.54, 1.807) is 16.8 Å². The maximum Gasteiger partial charge on any atom is 0.228 e. The Bertz CT molecular complexity index is 1380. The Balaban J connectivity index is 1.38. The van der Waals surface area contributed by atoms with Crippen LogP contribution in [0.5, 0.6) is 0 Å². The van der Waals surface area contributed by atoms with Crippen LogP contribution < -0.4 is 10.2 Å². The monoisotopic (exact) mass is 464 g/mol. The first-order valence-corrected chi connectivity index (χ1v) is 11.3. The van der Waals surface area contributed by atoms with Crippen LogP contribution >= 0.6 is 11.6 Å². The van der Waals surface area contributed by atoms with E-state index < -0.39 is 0 Å². The molecule has 5 heterocycles. The summed E-state index contributed by atoms with van der Waals surface area (Å²) in [5, 5.41) is 16.8. The van der Waals surface area contributed by atoms with E-state index in [1.165, 1.54) is 0 Å². The lowest BCUT2D eigenvalue weighted by Crippen LogP contribution is -2.36. The first-order chi connectivity index (χ1) is 16.1. The Morgan fingerprint density at radius 1 is 1.24 bits per heavy atom. The highest BCUT2D eigenvalue weighted by Crippen LogP contribution is 2.38. The molecule has 1 amide bonds. The lowest BCUT2D eigenvalue weighted by molar-refractivity contribution is -0.117. The maximum absolute atomic E-state index is 12.4. The van der Waals surface area contributed by atoms with Crippen LogP contribution in [0.25, 0.3) is 27.9 Å². The van der Waals surface area contributed by atoms with E-state index in [4.69, 9.17) is 16.3 Å². The first kappa shape index (κ1) is 20.3. The van der Waals surface area contributed by atoms with Gasteiger partial charge in [0.2, 0.25) is 5.91 Å². The zero-order valence-electron chi connectivity index (χ0n) is 17.9. The number of morpholine rings is 1. The second-order valence-electron chi connectivity index (χ2n) is 8.49. The summed E-state index contributed by atoms with van der Waals surface area (Å²) in [5.41, 5.74) is 2.87. The van der Waals surface area contributed by atoms with E-state index in [2.05, 4.69) is 42.4 Å². The SMILES string of the molecule is C[C@@H]1C[C@@H]1C(=O)Nc1cc2c(-c3nc4ccc(N5CCOCC5)cn4n3)cnc(Cl)c2nn1. The molecule has 4 aromatic rings. The molecule has 1 N–H and O–H groups in total. The fourth-order valence-corrected chi connectivity index (χ4v) is 4.33. The molecule has 1 saturated carbocycles. The summed E-state index contributed by atoms with van der Waals surface area (Å²) in [7, 11) is 0. The van der Waals surface area contributed by atoms with Crippen molar-refractivity contribution in [3.8, 4) is 11.4 Å². The molecule has 0 aromatic carbocycles.